The van der Waals surface area contributed by atoms with Gasteiger partial charge in [0.2, 0.25) is 5.91 Å². The molecule has 3 aromatic rings. The van der Waals surface area contributed by atoms with Crippen LogP contribution >= 0.6 is 23.2 Å². The first-order valence-electron chi connectivity index (χ1n) is 10.6. The van der Waals surface area contributed by atoms with Crippen LogP contribution in [0.4, 0.5) is 0 Å². The number of aryl methyl sites for hydroxylation is 1. The fourth-order valence-corrected chi connectivity index (χ4v) is 3.82. The zero-order valence-corrected chi connectivity index (χ0v) is 20.1. The topological polar surface area (TPSA) is 58.6 Å². The van der Waals surface area contributed by atoms with Crippen molar-refractivity contribution in [1.29, 1.82) is 0 Å². The summed E-state index contributed by atoms with van der Waals surface area (Å²) >= 11 is 12.3. The fourth-order valence-electron chi connectivity index (χ4n) is 3.50. The molecule has 1 atom stereocenters. The Hall–Kier alpha value is -3.02. The van der Waals surface area contributed by atoms with Gasteiger partial charge >= 0.3 is 0 Å². The van der Waals surface area contributed by atoms with E-state index in [0.29, 0.717) is 22.2 Å². The van der Waals surface area contributed by atoms with Crippen LogP contribution in [0, 0.1) is 6.92 Å². The van der Waals surface area contributed by atoms with Gasteiger partial charge in [0.25, 0.3) is 5.91 Å². The van der Waals surface area contributed by atoms with Crippen molar-refractivity contribution in [3.8, 4) is 5.75 Å². The third kappa shape index (κ3) is 6.73. The number of para-hydroxylation sites is 1. The number of rotatable bonds is 9. The minimum Gasteiger partial charge on any atom is -0.484 e. The molecule has 0 aliphatic rings. The maximum atomic E-state index is 13.4. The molecule has 0 aliphatic heterocycles. The van der Waals surface area contributed by atoms with E-state index in [2.05, 4.69) is 5.32 Å². The molecule has 33 heavy (non-hydrogen) atoms. The normalized spacial score (nSPS) is 11.5. The molecule has 172 valence electrons. The maximum absolute atomic E-state index is 13.4. The molecule has 0 heterocycles. The molecular formula is C26H26Cl2N2O3. The summed E-state index contributed by atoms with van der Waals surface area (Å²) in [5.74, 6) is 0.0527. The predicted molar refractivity (Wildman–Crippen MR) is 132 cm³/mol. The van der Waals surface area contributed by atoms with E-state index in [9.17, 15) is 9.59 Å². The van der Waals surface area contributed by atoms with E-state index in [4.69, 9.17) is 27.9 Å². The first-order valence-corrected chi connectivity index (χ1v) is 11.3. The quantitative estimate of drug-likeness (QED) is 0.461. The molecule has 5 nitrogen and oxygen atoms in total. The van der Waals surface area contributed by atoms with E-state index in [0.717, 1.165) is 16.7 Å². The molecule has 0 spiro atoms. The number of nitrogens with one attached hydrogen (secondary N) is 1. The monoisotopic (exact) mass is 484 g/mol. The molecule has 0 fully saturated rings. The van der Waals surface area contributed by atoms with Crippen LogP contribution in [0.3, 0.4) is 0 Å². The van der Waals surface area contributed by atoms with Gasteiger partial charge in [-0.05, 0) is 41.8 Å². The molecule has 0 aromatic heterocycles. The lowest BCUT2D eigenvalue weighted by atomic mass is 10.0. The zero-order chi connectivity index (χ0) is 23.8. The number of halogens is 2. The number of carbonyl (C=O) groups excluding carboxylic acids is 2. The molecule has 0 saturated heterocycles. The van der Waals surface area contributed by atoms with Gasteiger partial charge in [-0.25, -0.2) is 0 Å². The fraction of sp³-hybridized carbons (Fsp3) is 0.231. The number of carbonyl (C=O) groups is 2. The number of nitrogens with zero attached hydrogens (tertiary/aromatic N) is 1. The predicted octanol–water partition coefficient (Wildman–Crippen LogP) is 5.07. The number of benzene rings is 3. The van der Waals surface area contributed by atoms with Gasteiger partial charge in [-0.15, -0.1) is 0 Å². The van der Waals surface area contributed by atoms with E-state index >= 15 is 0 Å². The molecule has 3 aromatic carbocycles. The Bertz CT molecular complexity index is 1110. The number of likely N-dealkylation sites (N-methyl/N-ethyl adjacent to an activating group) is 1. The standard InChI is InChI=1S/C26H26Cl2N2O3/c1-18-8-6-7-11-24(18)33-17-25(31)30(16-20-12-13-21(27)22(28)14-20)23(26(32)29-2)15-19-9-4-3-5-10-19/h3-14,23H,15-17H2,1-2H3,(H,29,32)/t23-/m1/s1. The van der Waals surface area contributed by atoms with E-state index in [1.165, 1.54) is 4.90 Å². The van der Waals surface area contributed by atoms with E-state index in [1.54, 1.807) is 25.2 Å². The molecule has 7 heteroatoms. The van der Waals surface area contributed by atoms with Gasteiger partial charge in [-0.1, -0.05) is 77.8 Å². The molecule has 0 saturated carbocycles. The lowest BCUT2D eigenvalue weighted by Crippen LogP contribution is -2.51. The Labute approximate surface area is 204 Å². The van der Waals surface area contributed by atoms with Crippen molar-refractivity contribution in [3.63, 3.8) is 0 Å². The van der Waals surface area contributed by atoms with Crippen LogP contribution in [0.15, 0.2) is 72.8 Å². The molecule has 2 amide bonds. The van der Waals surface area contributed by atoms with Crippen molar-refractivity contribution in [2.24, 2.45) is 0 Å². The van der Waals surface area contributed by atoms with Gasteiger partial charge < -0.3 is 15.0 Å². The van der Waals surface area contributed by atoms with Gasteiger partial charge in [0.05, 0.1) is 10.0 Å². The third-order valence-corrected chi connectivity index (χ3v) is 6.04. The van der Waals surface area contributed by atoms with Crippen molar-refractivity contribution >= 4 is 35.0 Å². The lowest BCUT2D eigenvalue weighted by molar-refractivity contribution is -0.142. The van der Waals surface area contributed by atoms with E-state index in [1.807, 2.05) is 61.5 Å². The summed E-state index contributed by atoms with van der Waals surface area (Å²) in [5, 5.41) is 3.50. The van der Waals surface area contributed by atoms with Crippen LogP contribution < -0.4 is 10.1 Å². The Kier molecular flexibility index (Phi) is 8.75. The van der Waals surface area contributed by atoms with Gasteiger partial charge in [-0.3, -0.25) is 9.59 Å². The Morgan fingerprint density at radius 3 is 2.30 bits per heavy atom. The zero-order valence-electron chi connectivity index (χ0n) is 18.6. The van der Waals surface area contributed by atoms with Crippen molar-refractivity contribution < 1.29 is 14.3 Å². The van der Waals surface area contributed by atoms with Crippen molar-refractivity contribution in [1.82, 2.24) is 10.2 Å². The van der Waals surface area contributed by atoms with Crippen LogP contribution in [0.1, 0.15) is 16.7 Å². The molecule has 0 radical (unpaired) electrons. The summed E-state index contributed by atoms with van der Waals surface area (Å²) in [6.45, 7) is 1.89. The highest BCUT2D eigenvalue weighted by atomic mass is 35.5. The molecule has 0 aliphatic carbocycles. The summed E-state index contributed by atoms with van der Waals surface area (Å²) in [7, 11) is 1.56. The Morgan fingerprint density at radius 1 is 0.939 bits per heavy atom. The maximum Gasteiger partial charge on any atom is 0.261 e. The summed E-state index contributed by atoms with van der Waals surface area (Å²) in [5.41, 5.74) is 2.63. The molecule has 3 rings (SSSR count). The number of amides is 2. The third-order valence-electron chi connectivity index (χ3n) is 5.30. The molecule has 0 bridgehead atoms. The molecule has 1 N–H and O–H groups in total. The number of hydrogen-bond donors (Lipinski definition) is 1. The summed E-state index contributed by atoms with van der Waals surface area (Å²) in [4.78, 5) is 27.8. The van der Waals surface area contributed by atoms with Gasteiger partial charge in [0.15, 0.2) is 6.61 Å². The summed E-state index contributed by atoms with van der Waals surface area (Å²) in [6, 6.07) is 21.5. The second-order valence-electron chi connectivity index (χ2n) is 7.64. The van der Waals surface area contributed by atoms with Crippen LogP contribution in [0.5, 0.6) is 5.75 Å². The van der Waals surface area contributed by atoms with Crippen molar-refractivity contribution in [3.05, 3.63) is 99.5 Å². The molecule has 0 unspecified atom stereocenters. The second-order valence-corrected chi connectivity index (χ2v) is 8.46. The van der Waals surface area contributed by atoms with Crippen LogP contribution in [0.25, 0.3) is 0 Å². The van der Waals surface area contributed by atoms with E-state index in [-0.39, 0.29) is 25.0 Å². The molecular weight excluding hydrogens is 459 g/mol. The highest BCUT2D eigenvalue weighted by Gasteiger charge is 2.30. The smallest absolute Gasteiger partial charge is 0.261 e. The first-order chi connectivity index (χ1) is 15.9. The minimum absolute atomic E-state index is 0.178. The number of hydrogen-bond acceptors (Lipinski definition) is 3. The van der Waals surface area contributed by atoms with Crippen LogP contribution in [-0.4, -0.2) is 36.4 Å². The largest absolute Gasteiger partial charge is 0.484 e. The lowest BCUT2D eigenvalue weighted by Gasteiger charge is -2.31. The summed E-state index contributed by atoms with van der Waals surface area (Å²) < 4.78 is 5.80. The Morgan fingerprint density at radius 2 is 1.64 bits per heavy atom. The van der Waals surface area contributed by atoms with Crippen LogP contribution in [0.2, 0.25) is 10.0 Å². The number of ether oxygens (including phenoxy) is 1. The highest BCUT2D eigenvalue weighted by Crippen LogP contribution is 2.24. The first kappa shape index (κ1) is 24.6. The SMILES string of the molecule is CNC(=O)[C@@H](Cc1ccccc1)N(Cc1ccc(Cl)c(Cl)c1)C(=O)COc1ccccc1C. The van der Waals surface area contributed by atoms with Gasteiger partial charge in [-0.2, -0.15) is 0 Å². The average Bonchev–Trinajstić information content (AvgIpc) is 2.83. The van der Waals surface area contributed by atoms with E-state index < -0.39 is 6.04 Å². The second kappa shape index (κ2) is 11.7. The average molecular weight is 485 g/mol. The van der Waals surface area contributed by atoms with Gasteiger partial charge in [0, 0.05) is 20.0 Å². The van der Waals surface area contributed by atoms with Crippen molar-refractivity contribution in [2.45, 2.75) is 25.9 Å². The van der Waals surface area contributed by atoms with Crippen molar-refractivity contribution in [2.75, 3.05) is 13.7 Å². The minimum atomic E-state index is -0.736. The Balaban J connectivity index is 1.90. The van der Waals surface area contributed by atoms with Gasteiger partial charge in [0.1, 0.15) is 11.8 Å². The van der Waals surface area contributed by atoms with Crippen LogP contribution in [-0.2, 0) is 22.6 Å². The summed E-state index contributed by atoms with van der Waals surface area (Å²) in [6.07, 6.45) is 0.359. The highest BCUT2D eigenvalue weighted by molar-refractivity contribution is 6.42.